The topological polar surface area (TPSA) is 119 Å². The molecule has 170 valence electrons. The minimum absolute atomic E-state index is 0.0290. The van der Waals surface area contributed by atoms with E-state index >= 15 is 0 Å². The van der Waals surface area contributed by atoms with Crippen molar-refractivity contribution in [2.24, 2.45) is 0 Å². The van der Waals surface area contributed by atoms with Gasteiger partial charge in [0.05, 0.1) is 34.1 Å². The molecule has 33 heavy (non-hydrogen) atoms. The zero-order valence-corrected chi connectivity index (χ0v) is 19.0. The number of carbonyl (C=O) groups is 1. The molecule has 0 saturated heterocycles. The van der Waals surface area contributed by atoms with E-state index in [4.69, 9.17) is 16.9 Å². The number of aliphatic hydroxyl groups is 1. The lowest BCUT2D eigenvalue weighted by Crippen LogP contribution is -2.35. The van der Waals surface area contributed by atoms with E-state index in [1.54, 1.807) is 36.4 Å². The van der Waals surface area contributed by atoms with Gasteiger partial charge in [-0.25, -0.2) is 13.2 Å². The van der Waals surface area contributed by atoms with Crippen LogP contribution in [0.1, 0.15) is 22.8 Å². The summed E-state index contributed by atoms with van der Waals surface area (Å²) in [4.78, 5) is 12.8. The molecule has 0 aliphatic rings. The molecule has 0 aliphatic carbocycles. The zero-order valence-electron chi connectivity index (χ0n) is 17.4. The van der Waals surface area contributed by atoms with Crippen molar-refractivity contribution in [1.82, 2.24) is 4.90 Å². The fourth-order valence-electron chi connectivity index (χ4n) is 3.26. The number of benzene rings is 3. The van der Waals surface area contributed by atoms with E-state index < -0.39 is 22.0 Å². The van der Waals surface area contributed by atoms with Crippen molar-refractivity contribution in [3.63, 3.8) is 0 Å². The third kappa shape index (κ3) is 6.11. The number of aliphatic hydroxyl groups excluding tert-OH is 1. The number of nitriles is 1. The van der Waals surface area contributed by atoms with E-state index in [-0.39, 0.29) is 28.4 Å². The van der Waals surface area contributed by atoms with E-state index in [1.165, 1.54) is 36.4 Å². The van der Waals surface area contributed by atoms with Crippen molar-refractivity contribution in [3.8, 4) is 6.07 Å². The highest BCUT2D eigenvalue weighted by atomic mass is 35.5. The third-order valence-electron chi connectivity index (χ3n) is 5.07. The Morgan fingerprint density at radius 2 is 1.73 bits per heavy atom. The molecule has 9 heteroatoms. The molecule has 2 N–H and O–H groups in total. The quantitative estimate of drug-likeness (QED) is 0.492. The lowest BCUT2D eigenvalue weighted by Gasteiger charge is -2.23. The maximum atomic E-state index is 12.8. The molecule has 7 nitrogen and oxygen atoms in total. The minimum Gasteiger partial charge on any atom is -0.465 e. The Bertz CT molecular complexity index is 1290. The van der Waals surface area contributed by atoms with Gasteiger partial charge in [0, 0.05) is 11.6 Å². The summed E-state index contributed by atoms with van der Waals surface area (Å²) < 4.78 is 25.6. The number of amides is 1. The monoisotopic (exact) mass is 484 g/mol. The van der Waals surface area contributed by atoms with Gasteiger partial charge in [0.1, 0.15) is 0 Å². The first-order valence-electron chi connectivity index (χ1n) is 9.96. The molecule has 3 aromatic rings. The molecule has 3 rings (SSSR count). The van der Waals surface area contributed by atoms with Gasteiger partial charge in [0.2, 0.25) is 9.84 Å². The van der Waals surface area contributed by atoms with Crippen molar-refractivity contribution in [1.29, 1.82) is 5.26 Å². The summed E-state index contributed by atoms with van der Waals surface area (Å²) in [6, 6.07) is 20.4. The second-order valence-corrected chi connectivity index (χ2v) is 9.72. The van der Waals surface area contributed by atoms with Gasteiger partial charge < -0.3 is 15.1 Å². The Morgan fingerprint density at radius 3 is 2.36 bits per heavy atom. The van der Waals surface area contributed by atoms with Crippen LogP contribution in [-0.4, -0.2) is 42.7 Å². The number of sulfone groups is 1. The van der Waals surface area contributed by atoms with E-state index in [1.807, 2.05) is 6.07 Å². The minimum atomic E-state index is -3.78. The van der Waals surface area contributed by atoms with Crippen LogP contribution in [0.2, 0.25) is 5.02 Å². The maximum Gasteiger partial charge on any atom is 0.407 e. The van der Waals surface area contributed by atoms with Crippen LogP contribution < -0.4 is 0 Å². The Labute approximate surface area is 197 Å². The van der Waals surface area contributed by atoms with E-state index in [9.17, 15) is 23.4 Å². The van der Waals surface area contributed by atoms with Crippen LogP contribution in [0.5, 0.6) is 0 Å². The average Bonchev–Trinajstić information content (AvgIpc) is 2.81. The van der Waals surface area contributed by atoms with Crippen LogP contribution >= 0.6 is 11.6 Å². The first-order chi connectivity index (χ1) is 15.7. The molecule has 0 saturated carbocycles. The molecular weight excluding hydrogens is 464 g/mol. The van der Waals surface area contributed by atoms with Crippen LogP contribution in [0, 0.1) is 11.3 Å². The van der Waals surface area contributed by atoms with Crippen LogP contribution in [0.25, 0.3) is 0 Å². The number of hydrogen-bond donors (Lipinski definition) is 2. The maximum absolute atomic E-state index is 12.8. The molecule has 0 aromatic heterocycles. The van der Waals surface area contributed by atoms with E-state index in [0.29, 0.717) is 17.0 Å². The molecule has 1 atom stereocenters. The molecule has 0 fully saturated rings. The van der Waals surface area contributed by atoms with Crippen molar-refractivity contribution in [3.05, 3.63) is 94.5 Å². The zero-order chi connectivity index (χ0) is 24.0. The third-order valence-corrected chi connectivity index (χ3v) is 7.08. The highest BCUT2D eigenvalue weighted by Crippen LogP contribution is 2.23. The Morgan fingerprint density at radius 1 is 1.03 bits per heavy atom. The summed E-state index contributed by atoms with van der Waals surface area (Å²) in [6.45, 7) is -0.0133. The fourth-order valence-corrected chi connectivity index (χ4v) is 4.77. The lowest BCUT2D eigenvalue weighted by molar-refractivity contribution is 0.0973. The molecular formula is C24H21ClN2O5S. The molecule has 0 radical (unpaired) electrons. The van der Waals surface area contributed by atoms with Crippen LogP contribution in [0.4, 0.5) is 4.79 Å². The predicted molar refractivity (Wildman–Crippen MR) is 123 cm³/mol. The second kappa shape index (κ2) is 10.5. The highest BCUT2D eigenvalue weighted by molar-refractivity contribution is 7.91. The average molecular weight is 485 g/mol. The van der Waals surface area contributed by atoms with Gasteiger partial charge >= 0.3 is 6.09 Å². The van der Waals surface area contributed by atoms with Crippen LogP contribution in [-0.2, 0) is 16.3 Å². The van der Waals surface area contributed by atoms with Gasteiger partial charge in [-0.1, -0.05) is 41.9 Å². The standard InChI is InChI=1S/C24H21ClN2O5S/c25-20-5-2-4-19(14-20)23(28)16-27(24(29)30)12-11-17-7-9-21(10-8-17)33(31,32)22-6-1-3-18(13-22)15-26/h1-10,13-14,23,28H,11-12,16H2,(H,29,30). The van der Waals surface area contributed by atoms with E-state index in [2.05, 4.69) is 0 Å². The number of hydrogen-bond acceptors (Lipinski definition) is 5. The molecule has 3 aromatic carbocycles. The van der Waals surface area contributed by atoms with Crippen LogP contribution in [0.3, 0.4) is 0 Å². The fraction of sp³-hybridized carbons (Fsp3) is 0.167. The molecule has 0 aliphatic heterocycles. The largest absolute Gasteiger partial charge is 0.465 e. The lowest BCUT2D eigenvalue weighted by atomic mass is 10.1. The van der Waals surface area contributed by atoms with Gasteiger partial charge in [0.15, 0.2) is 0 Å². The molecule has 0 spiro atoms. The Kier molecular flexibility index (Phi) is 7.71. The predicted octanol–water partition coefficient (Wildman–Crippen LogP) is 4.30. The van der Waals surface area contributed by atoms with Crippen LogP contribution in [0.15, 0.2) is 82.6 Å². The van der Waals surface area contributed by atoms with Gasteiger partial charge in [-0.15, -0.1) is 0 Å². The second-order valence-electron chi connectivity index (χ2n) is 7.34. The molecule has 0 heterocycles. The molecule has 0 bridgehead atoms. The number of rotatable bonds is 8. The SMILES string of the molecule is N#Cc1cccc(S(=O)(=O)c2ccc(CCN(CC(O)c3cccc(Cl)c3)C(=O)O)cc2)c1. The summed E-state index contributed by atoms with van der Waals surface area (Å²) in [5, 5.41) is 29.3. The first kappa shape index (κ1) is 24.3. The summed E-state index contributed by atoms with van der Waals surface area (Å²) in [5.74, 6) is 0. The summed E-state index contributed by atoms with van der Waals surface area (Å²) >= 11 is 5.93. The van der Waals surface area contributed by atoms with Gasteiger partial charge in [0.25, 0.3) is 0 Å². The summed E-state index contributed by atoms with van der Waals surface area (Å²) in [6.07, 6.45) is -1.87. The first-order valence-corrected chi connectivity index (χ1v) is 11.8. The van der Waals surface area contributed by atoms with E-state index in [0.717, 1.165) is 10.5 Å². The molecule has 1 amide bonds. The number of halogens is 1. The van der Waals surface area contributed by atoms with Crippen molar-refractivity contribution >= 4 is 27.5 Å². The van der Waals surface area contributed by atoms with Gasteiger partial charge in [-0.3, -0.25) is 0 Å². The Balaban J connectivity index is 1.68. The summed E-state index contributed by atoms with van der Waals surface area (Å²) in [5.41, 5.74) is 1.51. The number of nitrogens with zero attached hydrogens (tertiary/aromatic N) is 2. The normalized spacial score (nSPS) is 12.0. The van der Waals surface area contributed by atoms with Gasteiger partial charge in [-0.05, 0) is 60.0 Å². The van der Waals surface area contributed by atoms with Crippen molar-refractivity contribution < 1.29 is 23.4 Å². The Hall–Kier alpha value is -3.38. The molecule has 1 unspecified atom stereocenters. The van der Waals surface area contributed by atoms with Crippen molar-refractivity contribution in [2.75, 3.05) is 13.1 Å². The summed E-state index contributed by atoms with van der Waals surface area (Å²) in [7, 11) is -3.78. The van der Waals surface area contributed by atoms with Gasteiger partial charge in [-0.2, -0.15) is 5.26 Å². The van der Waals surface area contributed by atoms with Crippen molar-refractivity contribution in [2.45, 2.75) is 22.3 Å². The highest BCUT2D eigenvalue weighted by Gasteiger charge is 2.20. The smallest absolute Gasteiger partial charge is 0.407 e. The number of carboxylic acid groups (broad SMARTS) is 1.